The molecule has 226 valence electrons. The number of hydrogen-bond acceptors (Lipinski definition) is 4. The fourth-order valence-electron chi connectivity index (χ4n) is 6.61. The molecule has 0 N–H and O–H groups in total. The maximum atomic E-state index is 14.6. The lowest BCUT2D eigenvalue weighted by atomic mass is 10.1. The molecule has 48 heavy (non-hydrogen) atoms. The summed E-state index contributed by atoms with van der Waals surface area (Å²) in [6, 6.07) is 54.2. The third-order valence-electron chi connectivity index (χ3n) is 8.77. The van der Waals surface area contributed by atoms with Crippen molar-refractivity contribution in [2.45, 2.75) is 0 Å². The molecular weight excluding hydrogens is 590 g/mol. The molecule has 0 saturated carbocycles. The van der Waals surface area contributed by atoms with Gasteiger partial charge in [0.25, 0.3) is 5.56 Å². The molecule has 0 radical (unpaired) electrons. The van der Waals surface area contributed by atoms with Crippen molar-refractivity contribution >= 4 is 32.7 Å². The predicted molar refractivity (Wildman–Crippen MR) is 194 cm³/mol. The average molecular weight is 618 g/mol. The van der Waals surface area contributed by atoms with Crippen molar-refractivity contribution < 1.29 is 0 Å². The van der Waals surface area contributed by atoms with Gasteiger partial charge in [-0.25, -0.2) is 15.0 Å². The fourth-order valence-corrected chi connectivity index (χ4v) is 6.61. The summed E-state index contributed by atoms with van der Waals surface area (Å²) in [5.41, 5.74) is 5.99. The molecule has 6 aromatic carbocycles. The second-order valence-electron chi connectivity index (χ2n) is 11.7. The number of fused-ring (bicyclic) bond motifs is 5. The standard InChI is InChI=1S/C42H27N5O/c48-42-34-24-11-10-23-33(34)37-35-25-12-13-26-36(35)46(31-20-8-3-9-21-31)41(37)47(42)32-22-14-19-30(27-32)40-44-38(28-15-4-1-5-16-28)43-39(45-40)29-17-6-2-7-18-29/h1-27H. The Morgan fingerprint density at radius 2 is 0.875 bits per heavy atom. The summed E-state index contributed by atoms with van der Waals surface area (Å²) in [6.45, 7) is 0. The maximum absolute atomic E-state index is 14.6. The van der Waals surface area contributed by atoms with Crippen LogP contribution in [0.5, 0.6) is 0 Å². The summed E-state index contributed by atoms with van der Waals surface area (Å²) in [7, 11) is 0. The van der Waals surface area contributed by atoms with E-state index in [2.05, 4.69) is 34.9 Å². The Bertz CT molecular complexity index is 2620. The minimum atomic E-state index is -0.0965. The van der Waals surface area contributed by atoms with Gasteiger partial charge in [-0.1, -0.05) is 127 Å². The van der Waals surface area contributed by atoms with Gasteiger partial charge in [0.15, 0.2) is 17.5 Å². The first-order chi connectivity index (χ1) is 23.7. The van der Waals surface area contributed by atoms with E-state index in [-0.39, 0.29) is 5.56 Å². The minimum absolute atomic E-state index is 0.0965. The van der Waals surface area contributed by atoms with Gasteiger partial charge in [-0.3, -0.25) is 13.9 Å². The largest absolute Gasteiger partial charge is 0.295 e. The molecule has 3 heterocycles. The molecule has 0 saturated heterocycles. The van der Waals surface area contributed by atoms with Crippen LogP contribution >= 0.6 is 0 Å². The van der Waals surface area contributed by atoms with Crippen molar-refractivity contribution in [3.05, 3.63) is 174 Å². The number of nitrogens with zero attached hydrogens (tertiary/aromatic N) is 5. The van der Waals surface area contributed by atoms with Crippen LogP contribution in [0.25, 0.3) is 78.2 Å². The molecule has 0 aliphatic heterocycles. The Hall–Kier alpha value is -6.66. The van der Waals surface area contributed by atoms with Gasteiger partial charge in [0, 0.05) is 38.5 Å². The highest BCUT2D eigenvalue weighted by Gasteiger charge is 2.22. The van der Waals surface area contributed by atoms with Gasteiger partial charge in [0.05, 0.1) is 11.2 Å². The normalized spacial score (nSPS) is 11.4. The van der Waals surface area contributed by atoms with Crippen molar-refractivity contribution in [3.8, 4) is 45.5 Å². The van der Waals surface area contributed by atoms with Crippen LogP contribution in [0.15, 0.2) is 169 Å². The SMILES string of the molecule is O=c1c2ccccc2c2c3ccccc3n(-c3ccccc3)c2n1-c1cccc(-c2nc(-c3ccccc3)nc(-c3ccccc3)n2)c1. The number of para-hydroxylation sites is 2. The first-order valence-corrected chi connectivity index (χ1v) is 15.8. The summed E-state index contributed by atoms with van der Waals surface area (Å²) in [5, 5.41) is 3.68. The fraction of sp³-hybridized carbons (Fsp3) is 0. The Kier molecular flexibility index (Phi) is 6.50. The zero-order valence-corrected chi connectivity index (χ0v) is 25.7. The van der Waals surface area contributed by atoms with E-state index < -0.39 is 0 Å². The lowest BCUT2D eigenvalue weighted by Gasteiger charge is -2.16. The number of hydrogen-bond donors (Lipinski definition) is 0. The lowest BCUT2D eigenvalue weighted by Crippen LogP contribution is -2.21. The summed E-state index contributed by atoms with van der Waals surface area (Å²) in [6.07, 6.45) is 0. The zero-order valence-electron chi connectivity index (χ0n) is 25.7. The van der Waals surface area contributed by atoms with E-state index in [0.717, 1.165) is 55.4 Å². The number of aromatic nitrogens is 5. The number of pyridine rings is 1. The first-order valence-electron chi connectivity index (χ1n) is 15.8. The Morgan fingerprint density at radius 1 is 0.396 bits per heavy atom. The molecule has 3 aromatic heterocycles. The van der Waals surface area contributed by atoms with Gasteiger partial charge in [0.2, 0.25) is 0 Å². The smallest absolute Gasteiger partial charge is 0.264 e. The quantitative estimate of drug-likeness (QED) is 0.193. The Morgan fingerprint density at radius 3 is 1.52 bits per heavy atom. The zero-order chi connectivity index (χ0) is 32.0. The van der Waals surface area contributed by atoms with Gasteiger partial charge in [-0.2, -0.15) is 0 Å². The molecule has 0 aliphatic rings. The third-order valence-corrected chi connectivity index (χ3v) is 8.77. The van der Waals surface area contributed by atoms with Crippen LogP contribution in [-0.4, -0.2) is 24.1 Å². The van der Waals surface area contributed by atoms with Crippen LogP contribution < -0.4 is 5.56 Å². The van der Waals surface area contributed by atoms with E-state index in [4.69, 9.17) is 15.0 Å². The highest BCUT2D eigenvalue weighted by Crippen LogP contribution is 2.37. The molecule has 6 nitrogen and oxygen atoms in total. The molecule has 0 aliphatic carbocycles. The first kappa shape index (κ1) is 27.6. The van der Waals surface area contributed by atoms with E-state index in [9.17, 15) is 4.79 Å². The van der Waals surface area contributed by atoms with Crippen LogP contribution in [0.4, 0.5) is 0 Å². The summed E-state index contributed by atoms with van der Waals surface area (Å²) in [4.78, 5) is 29.4. The Balaban J connectivity index is 1.35. The van der Waals surface area contributed by atoms with Crippen LogP contribution in [0.2, 0.25) is 0 Å². The second kappa shape index (κ2) is 11.3. The molecule has 0 amide bonds. The van der Waals surface area contributed by atoms with E-state index >= 15 is 0 Å². The van der Waals surface area contributed by atoms with Crippen LogP contribution in [-0.2, 0) is 0 Å². The van der Waals surface area contributed by atoms with Crippen LogP contribution in [0.3, 0.4) is 0 Å². The van der Waals surface area contributed by atoms with E-state index in [1.54, 1.807) is 0 Å². The molecule has 0 fully saturated rings. The molecule has 9 rings (SSSR count). The monoisotopic (exact) mass is 617 g/mol. The molecule has 0 atom stereocenters. The second-order valence-corrected chi connectivity index (χ2v) is 11.7. The van der Waals surface area contributed by atoms with Crippen molar-refractivity contribution in [3.63, 3.8) is 0 Å². The van der Waals surface area contributed by atoms with Crippen molar-refractivity contribution in [2.24, 2.45) is 0 Å². The molecule has 0 spiro atoms. The summed E-state index contributed by atoms with van der Waals surface area (Å²) >= 11 is 0. The van der Waals surface area contributed by atoms with E-state index in [0.29, 0.717) is 22.9 Å². The molecular formula is C42H27N5O. The van der Waals surface area contributed by atoms with Crippen molar-refractivity contribution in [2.75, 3.05) is 0 Å². The topological polar surface area (TPSA) is 65.6 Å². The molecule has 0 unspecified atom stereocenters. The minimum Gasteiger partial charge on any atom is -0.295 e. The van der Waals surface area contributed by atoms with Crippen LogP contribution in [0, 0.1) is 0 Å². The van der Waals surface area contributed by atoms with Crippen molar-refractivity contribution in [1.29, 1.82) is 0 Å². The van der Waals surface area contributed by atoms with E-state index in [1.807, 2.05) is 138 Å². The molecule has 0 bridgehead atoms. The number of benzene rings is 6. The van der Waals surface area contributed by atoms with Crippen LogP contribution in [0.1, 0.15) is 0 Å². The van der Waals surface area contributed by atoms with E-state index in [1.165, 1.54) is 0 Å². The van der Waals surface area contributed by atoms with Gasteiger partial charge < -0.3 is 0 Å². The van der Waals surface area contributed by atoms with Gasteiger partial charge in [-0.05, 0) is 41.8 Å². The van der Waals surface area contributed by atoms with Gasteiger partial charge in [0.1, 0.15) is 5.65 Å². The Labute approximate surface area is 275 Å². The summed E-state index contributed by atoms with van der Waals surface area (Å²) in [5.74, 6) is 1.69. The lowest BCUT2D eigenvalue weighted by molar-refractivity contribution is 0.995. The molecule has 6 heteroatoms. The van der Waals surface area contributed by atoms with Gasteiger partial charge in [-0.15, -0.1) is 0 Å². The third kappa shape index (κ3) is 4.50. The number of rotatable bonds is 5. The molecule has 9 aromatic rings. The average Bonchev–Trinajstić information content (AvgIpc) is 3.51. The highest BCUT2D eigenvalue weighted by atomic mass is 16.1. The predicted octanol–water partition coefficient (Wildman–Crippen LogP) is 9.27. The maximum Gasteiger partial charge on any atom is 0.264 e. The van der Waals surface area contributed by atoms with Gasteiger partial charge >= 0.3 is 0 Å². The summed E-state index contributed by atoms with van der Waals surface area (Å²) < 4.78 is 4.03. The highest BCUT2D eigenvalue weighted by molar-refractivity contribution is 6.20. The van der Waals surface area contributed by atoms with Crippen molar-refractivity contribution in [1.82, 2.24) is 24.1 Å².